The largest absolute Gasteiger partial charge is 0.459 e. The molecule has 1 aliphatic carbocycles. The molecule has 0 aromatic rings. The van der Waals surface area contributed by atoms with E-state index in [0.717, 1.165) is 38.5 Å². The third-order valence-corrected chi connectivity index (χ3v) is 3.70. The number of hydrogen-bond acceptors (Lipinski definition) is 4. The minimum atomic E-state index is -0.811. The predicted octanol–water partition coefficient (Wildman–Crippen LogP) is 2.49. The molecule has 4 heteroatoms. The maximum Gasteiger partial charge on any atom is 0.326 e. The van der Waals surface area contributed by atoms with E-state index in [4.69, 9.17) is 16.2 Å². The maximum atomic E-state index is 12.3. The second-order valence-corrected chi connectivity index (χ2v) is 6.91. The summed E-state index contributed by atoms with van der Waals surface area (Å²) >= 11 is 0. The SMILES string of the molecule is CC(C)(C)OC(=O)C1(N)CCCCC(N)CCCC1. The van der Waals surface area contributed by atoms with Crippen LogP contribution in [0.4, 0.5) is 0 Å². The Kier molecular flexibility index (Phi) is 5.81. The van der Waals surface area contributed by atoms with Crippen LogP contribution in [0, 0.1) is 0 Å². The molecule has 1 saturated carbocycles. The van der Waals surface area contributed by atoms with Crippen molar-refractivity contribution in [3.8, 4) is 0 Å². The Bertz CT molecular complexity index is 285. The average Bonchev–Trinajstić information content (AvgIpc) is 2.28. The van der Waals surface area contributed by atoms with Crippen molar-refractivity contribution in [3.05, 3.63) is 0 Å². The minimum absolute atomic E-state index is 0.245. The van der Waals surface area contributed by atoms with E-state index in [0.29, 0.717) is 18.9 Å². The minimum Gasteiger partial charge on any atom is -0.459 e. The number of ether oxygens (including phenoxy) is 1. The zero-order valence-corrected chi connectivity index (χ0v) is 12.7. The van der Waals surface area contributed by atoms with Crippen molar-refractivity contribution in [2.75, 3.05) is 0 Å². The monoisotopic (exact) mass is 270 g/mol. The lowest BCUT2D eigenvalue weighted by molar-refractivity contribution is -0.162. The molecule has 0 radical (unpaired) electrons. The third kappa shape index (κ3) is 5.91. The van der Waals surface area contributed by atoms with E-state index in [2.05, 4.69) is 0 Å². The van der Waals surface area contributed by atoms with Crippen molar-refractivity contribution >= 4 is 5.97 Å². The maximum absolute atomic E-state index is 12.3. The third-order valence-electron chi connectivity index (χ3n) is 3.70. The Morgan fingerprint density at radius 3 is 2.00 bits per heavy atom. The predicted molar refractivity (Wildman–Crippen MR) is 77.7 cm³/mol. The zero-order valence-electron chi connectivity index (χ0n) is 12.7. The molecule has 0 bridgehead atoms. The highest BCUT2D eigenvalue weighted by molar-refractivity contribution is 5.80. The van der Waals surface area contributed by atoms with Gasteiger partial charge in [-0.1, -0.05) is 25.7 Å². The molecule has 0 saturated heterocycles. The van der Waals surface area contributed by atoms with Gasteiger partial charge in [-0.05, 0) is 46.5 Å². The van der Waals surface area contributed by atoms with Crippen LogP contribution >= 0.6 is 0 Å². The number of esters is 1. The van der Waals surface area contributed by atoms with Crippen molar-refractivity contribution in [2.24, 2.45) is 11.5 Å². The number of nitrogens with two attached hydrogens (primary N) is 2. The van der Waals surface area contributed by atoms with Gasteiger partial charge in [-0.25, -0.2) is 0 Å². The Morgan fingerprint density at radius 2 is 1.58 bits per heavy atom. The summed E-state index contributed by atoms with van der Waals surface area (Å²) in [6, 6.07) is 0.312. The van der Waals surface area contributed by atoms with E-state index < -0.39 is 11.1 Å². The molecule has 112 valence electrons. The molecule has 1 rings (SSSR count). The Balaban J connectivity index is 2.63. The first-order valence-corrected chi connectivity index (χ1v) is 7.51. The molecular weight excluding hydrogens is 240 g/mol. The summed E-state index contributed by atoms with van der Waals surface area (Å²) in [5, 5.41) is 0. The van der Waals surface area contributed by atoms with E-state index in [1.54, 1.807) is 0 Å². The fourth-order valence-corrected chi connectivity index (χ4v) is 2.55. The number of rotatable bonds is 1. The van der Waals surface area contributed by atoms with Crippen molar-refractivity contribution in [3.63, 3.8) is 0 Å². The van der Waals surface area contributed by atoms with E-state index in [1.807, 2.05) is 20.8 Å². The molecule has 0 atom stereocenters. The van der Waals surface area contributed by atoms with Crippen LogP contribution in [0.2, 0.25) is 0 Å². The summed E-state index contributed by atoms with van der Waals surface area (Å²) in [5.74, 6) is -0.245. The van der Waals surface area contributed by atoms with E-state index in [1.165, 1.54) is 0 Å². The molecule has 0 aromatic carbocycles. The molecule has 0 amide bonds. The van der Waals surface area contributed by atoms with E-state index in [-0.39, 0.29) is 5.97 Å². The highest BCUT2D eigenvalue weighted by Crippen LogP contribution is 2.26. The van der Waals surface area contributed by atoms with Crippen LogP contribution in [0.25, 0.3) is 0 Å². The summed E-state index contributed by atoms with van der Waals surface area (Å²) in [4.78, 5) is 12.3. The lowest BCUT2D eigenvalue weighted by atomic mass is 9.85. The van der Waals surface area contributed by atoms with Crippen LogP contribution in [0.3, 0.4) is 0 Å². The van der Waals surface area contributed by atoms with Gasteiger partial charge in [-0.3, -0.25) is 4.79 Å². The second kappa shape index (κ2) is 6.71. The van der Waals surface area contributed by atoms with Crippen LogP contribution in [0.1, 0.15) is 72.1 Å². The van der Waals surface area contributed by atoms with Gasteiger partial charge in [0.15, 0.2) is 0 Å². The molecule has 19 heavy (non-hydrogen) atoms. The molecule has 0 unspecified atom stereocenters. The Labute approximate surface area is 117 Å². The Hall–Kier alpha value is -0.610. The van der Waals surface area contributed by atoms with Gasteiger partial charge in [0.2, 0.25) is 0 Å². The molecule has 0 aromatic heterocycles. The van der Waals surface area contributed by atoms with Crippen LogP contribution in [0.15, 0.2) is 0 Å². The molecule has 1 aliphatic rings. The zero-order chi connectivity index (χ0) is 14.5. The van der Waals surface area contributed by atoms with Gasteiger partial charge in [0.05, 0.1) is 0 Å². The summed E-state index contributed by atoms with van der Waals surface area (Å²) in [7, 11) is 0. The lowest BCUT2D eigenvalue weighted by Gasteiger charge is -2.32. The second-order valence-electron chi connectivity index (χ2n) is 6.91. The van der Waals surface area contributed by atoms with Gasteiger partial charge in [0.1, 0.15) is 11.1 Å². The molecule has 1 fully saturated rings. The van der Waals surface area contributed by atoms with Crippen LogP contribution in [-0.4, -0.2) is 23.2 Å². The quantitative estimate of drug-likeness (QED) is 0.718. The number of carbonyl (C=O) groups is 1. The van der Waals surface area contributed by atoms with Crippen molar-refractivity contribution < 1.29 is 9.53 Å². The Morgan fingerprint density at radius 1 is 1.11 bits per heavy atom. The highest BCUT2D eigenvalue weighted by Gasteiger charge is 2.37. The fourth-order valence-electron chi connectivity index (χ4n) is 2.55. The first kappa shape index (κ1) is 16.4. The molecule has 0 aliphatic heterocycles. The summed E-state index contributed by atoms with van der Waals surface area (Å²) in [6.07, 6.45) is 7.46. The lowest BCUT2D eigenvalue weighted by Crippen LogP contribution is -2.51. The van der Waals surface area contributed by atoms with Gasteiger partial charge in [0.25, 0.3) is 0 Å². The van der Waals surface area contributed by atoms with Crippen LogP contribution in [0.5, 0.6) is 0 Å². The van der Waals surface area contributed by atoms with Gasteiger partial charge >= 0.3 is 5.97 Å². The standard InChI is InChI=1S/C15H30N2O2/c1-14(2,3)19-13(18)15(17)10-6-4-8-12(16)9-5-7-11-15/h12H,4-11,16-17H2,1-3H3. The van der Waals surface area contributed by atoms with E-state index >= 15 is 0 Å². The topological polar surface area (TPSA) is 78.3 Å². The van der Waals surface area contributed by atoms with Crippen LogP contribution < -0.4 is 11.5 Å². The summed E-state index contributed by atoms with van der Waals surface area (Å²) in [5.41, 5.74) is 11.1. The average molecular weight is 270 g/mol. The molecule has 4 N–H and O–H groups in total. The normalized spacial score (nSPS) is 30.7. The van der Waals surface area contributed by atoms with Gasteiger partial charge in [-0.15, -0.1) is 0 Å². The van der Waals surface area contributed by atoms with Gasteiger partial charge < -0.3 is 16.2 Å². The van der Waals surface area contributed by atoms with Crippen LogP contribution in [-0.2, 0) is 9.53 Å². The van der Waals surface area contributed by atoms with Crippen molar-refractivity contribution in [1.82, 2.24) is 0 Å². The van der Waals surface area contributed by atoms with Gasteiger partial charge in [0, 0.05) is 6.04 Å². The van der Waals surface area contributed by atoms with Crippen molar-refractivity contribution in [2.45, 2.75) is 89.3 Å². The van der Waals surface area contributed by atoms with Gasteiger partial charge in [-0.2, -0.15) is 0 Å². The number of carbonyl (C=O) groups excluding carboxylic acids is 1. The smallest absolute Gasteiger partial charge is 0.326 e. The molecule has 0 heterocycles. The molecule has 4 nitrogen and oxygen atoms in total. The van der Waals surface area contributed by atoms with E-state index in [9.17, 15) is 4.79 Å². The first-order chi connectivity index (χ1) is 8.73. The summed E-state index contributed by atoms with van der Waals surface area (Å²) < 4.78 is 5.48. The fraction of sp³-hybridized carbons (Fsp3) is 0.933. The summed E-state index contributed by atoms with van der Waals surface area (Å²) in [6.45, 7) is 5.65. The molecule has 0 spiro atoms. The molecular formula is C15H30N2O2. The number of hydrogen-bond donors (Lipinski definition) is 2. The highest BCUT2D eigenvalue weighted by atomic mass is 16.6. The van der Waals surface area contributed by atoms with Crippen molar-refractivity contribution in [1.29, 1.82) is 0 Å². The first-order valence-electron chi connectivity index (χ1n) is 7.51.